The number of methoxy groups -OCH3 is 1. The van der Waals surface area contributed by atoms with Crippen LogP contribution >= 0.6 is 0 Å². The number of carbonyl (C=O) groups is 1. The van der Waals surface area contributed by atoms with Gasteiger partial charge in [0.15, 0.2) is 0 Å². The second kappa shape index (κ2) is 13.6. The SMILES string of the molecule is COc1ccc(F)c(-c2ccc(COc3cccc(C(CC(=O)O)C4CC4)c3)cc2C(OCc2ccccc2)C(C)(C)C)c1. The summed E-state index contributed by atoms with van der Waals surface area (Å²) < 4.78 is 33.6. The molecule has 6 heteroatoms. The fourth-order valence-corrected chi connectivity index (χ4v) is 5.81. The Bertz CT molecular complexity index is 1570. The van der Waals surface area contributed by atoms with Gasteiger partial charge in [0.05, 0.1) is 26.2 Å². The Morgan fingerprint density at radius 3 is 2.32 bits per heavy atom. The molecule has 4 aromatic carbocycles. The van der Waals surface area contributed by atoms with Crippen molar-refractivity contribution in [2.45, 2.75) is 65.3 Å². The summed E-state index contributed by atoms with van der Waals surface area (Å²) in [5.41, 5.74) is 4.71. The number of hydrogen-bond donors (Lipinski definition) is 1. The van der Waals surface area contributed by atoms with Crippen molar-refractivity contribution < 1.29 is 28.5 Å². The van der Waals surface area contributed by atoms with Gasteiger partial charge in [-0.15, -0.1) is 0 Å². The molecule has 0 radical (unpaired) electrons. The van der Waals surface area contributed by atoms with Crippen molar-refractivity contribution in [3.05, 3.63) is 119 Å². The first-order valence-corrected chi connectivity index (χ1v) is 15.2. The fraction of sp³-hybridized carbons (Fsp3) is 0.342. The average molecular weight is 597 g/mol. The number of benzene rings is 4. The van der Waals surface area contributed by atoms with Crippen LogP contribution in [-0.2, 0) is 22.7 Å². The van der Waals surface area contributed by atoms with Crippen LogP contribution in [0.15, 0.2) is 91.0 Å². The molecular weight excluding hydrogens is 555 g/mol. The molecule has 1 aliphatic carbocycles. The summed E-state index contributed by atoms with van der Waals surface area (Å²) in [6, 6.07) is 28.5. The van der Waals surface area contributed by atoms with E-state index in [1.54, 1.807) is 19.2 Å². The van der Waals surface area contributed by atoms with E-state index in [0.717, 1.165) is 40.7 Å². The van der Waals surface area contributed by atoms with Gasteiger partial charge in [-0.05, 0) is 94.3 Å². The molecule has 1 N–H and O–H groups in total. The van der Waals surface area contributed by atoms with Crippen molar-refractivity contribution in [3.8, 4) is 22.6 Å². The third kappa shape index (κ3) is 7.86. The second-order valence-corrected chi connectivity index (χ2v) is 12.7. The van der Waals surface area contributed by atoms with E-state index in [2.05, 4.69) is 26.8 Å². The molecule has 0 heterocycles. The number of ether oxygens (including phenoxy) is 3. The van der Waals surface area contributed by atoms with Gasteiger partial charge in [-0.25, -0.2) is 4.39 Å². The highest BCUT2D eigenvalue weighted by molar-refractivity contribution is 5.71. The van der Waals surface area contributed by atoms with Gasteiger partial charge in [-0.3, -0.25) is 4.79 Å². The van der Waals surface area contributed by atoms with Crippen LogP contribution in [0.5, 0.6) is 11.5 Å². The Morgan fingerprint density at radius 2 is 1.64 bits per heavy atom. The van der Waals surface area contributed by atoms with Gasteiger partial charge in [0, 0.05) is 5.56 Å². The third-order valence-corrected chi connectivity index (χ3v) is 8.19. The molecule has 1 aliphatic rings. The lowest BCUT2D eigenvalue weighted by Gasteiger charge is -2.33. The highest BCUT2D eigenvalue weighted by atomic mass is 19.1. The first-order chi connectivity index (χ1) is 21.1. The van der Waals surface area contributed by atoms with E-state index in [9.17, 15) is 9.90 Å². The molecule has 5 rings (SSSR count). The first kappa shape index (κ1) is 31.3. The normalized spacial score (nSPS) is 14.6. The van der Waals surface area contributed by atoms with Crippen LogP contribution in [0.2, 0.25) is 0 Å². The standard InChI is InChI=1S/C38H41FO5/c1-38(2,3)37(44-23-25-9-6-5-7-10-25)34-19-26(13-17-31(34)33-21-29(42-4)16-18-35(33)39)24-43-30-12-8-11-28(20-30)32(22-36(40)41)27-14-15-27/h5-13,16-21,27,32,37H,14-15,22-24H2,1-4H3,(H,40,41). The van der Waals surface area contributed by atoms with Gasteiger partial charge in [-0.2, -0.15) is 0 Å². The predicted molar refractivity (Wildman–Crippen MR) is 170 cm³/mol. The molecule has 2 atom stereocenters. The number of hydrogen-bond acceptors (Lipinski definition) is 4. The van der Waals surface area contributed by atoms with Crippen LogP contribution in [0.4, 0.5) is 4.39 Å². The molecule has 0 aliphatic heterocycles. The minimum atomic E-state index is -0.781. The summed E-state index contributed by atoms with van der Waals surface area (Å²) in [7, 11) is 1.57. The highest BCUT2D eigenvalue weighted by Crippen LogP contribution is 2.45. The maximum atomic E-state index is 15.3. The largest absolute Gasteiger partial charge is 0.497 e. The number of halogens is 1. The number of aliphatic carboxylic acids is 1. The quantitative estimate of drug-likeness (QED) is 0.167. The molecule has 2 unspecified atom stereocenters. The second-order valence-electron chi connectivity index (χ2n) is 12.7. The predicted octanol–water partition coefficient (Wildman–Crippen LogP) is 9.35. The molecule has 0 saturated heterocycles. The van der Waals surface area contributed by atoms with Gasteiger partial charge < -0.3 is 19.3 Å². The van der Waals surface area contributed by atoms with E-state index in [-0.39, 0.29) is 29.7 Å². The molecule has 1 saturated carbocycles. The van der Waals surface area contributed by atoms with E-state index in [1.165, 1.54) is 6.07 Å². The van der Waals surface area contributed by atoms with Crippen molar-refractivity contribution in [1.29, 1.82) is 0 Å². The van der Waals surface area contributed by atoms with Crippen LogP contribution in [0, 0.1) is 17.2 Å². The molecule has 0 spiro atoms. The summed E-state index contributed by atoms with van der Waals surface area (Å²) >= 11 is 0. The van der Waals surface area contributed by atoms with E-state index in [0.29, 0.717) is 36.2 Å². The molecule has 44 heavy (non-hydrogen) atoms. The van der Waals surface area contributed by atoms with Crippen LogP contribution in [0.1, 0.15) is 74.3 Å². The van der Waals surface area contributed by atoms with Crippen molar-refractivity contribution in [2.24, 2.45) is 11.3 Å². The van der Waals surface area contributed by atoms with E-state index >= 15 is 4.39 Å². The number of rotatable bonds is 13. The summed E-state index contributed by atoms with van der Waals surface area (Å²) in [5, 5.41) is 9.45. The zero-order chi connectivity index (χ0) is 31.3. The molecule has 0 aromatic heterocycles. The minimum Gasteiger partial charge on any atom is -0.497 e. The maximum absolute atomic E-state index is 15.3. The molecule has 1 fully saturated rings. The lowest BCUT2D eigenvalue weighted by atomic mass is 9.81. The Balaban J connectivity index is 1.47. The zero-order valence-electron chi connectivity index (χ0n) is 25.9. The molecule has 4 aromatic rings. The van der Waals surface area contributed by atoms with Crippen molar-refractivity contribution in [1.82, 2.24) is 0 Å². The lowest BCUT2D eigenvalue weighted by molar-refractivity contribution is -0.137. The smallest absolute Gasteiger partial charge is 0.303 e. The number of carboxylic acids is 1. The summed E-state index contributed by atoms with van der Waals surface area (Å²) in [6.45, 7) is 7.07. The van der Waals surface area contributed by atoms with Gasteiger partial charge >= 0.3 is 5.97 Å². The fourth-order valence-electron chi connectivity index (χ4n) is 5.81. The lowest BCUT2D eigenvalue weighted by Crippen LogP contribution is -2.22. The summed E-state index contributed by atoms with van der Waals surface area (Å²) in [4.78, 5) is 11.5. The summed E-state index contributed by atoms with van der Waals surface area (Å²) in [5.74, 6) is 0.555. The Hall–Kier alpha value is -4.16. The van der Waals surface area contributed by atoms with Crippen molar-refractivity contribution >= 4 is 5.97 Å². The van der Waals surface area contributed by atoms with Crippen LogP contribution in [0.3, 0.4) is 0 Å². The van der Waals surface area contributed by atoms with Crippen molar-refractivity contribution in [2.75, 3.05) is 7.11 Å². The molecule has 0 bridgehead atoms. The Labute approximate surface area is 259 Å². The molecule has 0 amide bonds. The topological polar surface area (TPSA) is 65.0 Å². The third-order valence-electron chi connectivity index (χ3n) is 8.19. The van der Waals surface area contributed by atoms with Crippen LogP contribution in [-0.4, -0.2) is 18.2 Å². The zero-order valence-corrected chi connectivity index (χ0v) is 25.9. The maximum Gasteiger partial charge on any atom is 0.303 e. The van der Waals surface area contributed by atoms with E-state index < -0.39 is 5.97 Å². The van der Waals surface area contributed by atoms with Gasteiger partial charge in [0.25, 0.3) is 0 Å². The van der Waals surface area contributed by atoms with Gasteiger partial charge in [0.1, 0.15) is 23.9 Å². The minimum absolute atomic E-state index is 0.00555. The first-order valence-electron chi connectivity index (χ1n) is 15.2. The van der Waals surface area contributed by atoms with E-state index in [4.69, 9.17) is 14.2 Å². The van der Waals surface area contributed by atoms with Crippen molar-refractivity contribution in [3.63, 3.8) is 0 Å². The van der Waals surface area contributed by atoms with Crippen LogP contribution in [0.25, 0.3) is 11.1 Å². The summed E-state index contributed by atoms with van der Waals surface area (Å²) in [6.07, 6.45) is 1.89. The molecule has 5 nitrogen and oxygen atoms in total. The molecule has 230 valence electrons. The van der Waals surface area contributed by atoms with Gasteiger partial charge in [-0.1, -0.05) is 75.4 Å². The Kier molecular flexibility index (Phi) is 9.70. The average Bonchev–Trinajstić information content (AvgIpc) is 3.85. The highest BCUT2D eigenvalue weighted by Gasteiger charge is 2.34. The number of carboxylic acid groups (broad SMARTS) is 1. The monoisotopic (exact) mass is 596 g/mol. The Morgan fingerprint density at radius 1 is 0.864 bits per heavy atom. The molecular formula is C38H41FO5. The van der Waals surface area contributed by atoms with Crippen LogP contribution < -0.4 is 9.47 Å². The van der Waals surface area contributed by atoms with Gasteiger partial charge in [0.2, 0.25) is 0 Å². The van der Waals surface area contributed by atoms with E-state index in [1.807, 2.05) is 66.7 Å².